The van der Waals surface area contributed by atoms with Crippen LogP contribution in [0.25, 0.3) is 5.65 Å². The van der Waals surface area contributed by atoms with Gasteiger partial charge < -0.3 is 29.3 Å². The van der Waals surface area contributed by atoms with Crippen molar-refractivity contribution in [3.8, 4) is 0 Å². The molecule has 2 atom stereocenters. The third-order valence-electron chi connectivity index (χ3n) is 8.49. The van der Waals surface area contributed by atoms with Gasteiger partial charge in [-0.2, -0.15) is 10.2 Å². The Morgan fingerprint density at radius 1 is 1.09 bits per heavy atom. The van der Waals surface area contributed by atoms with E-state index in [1.807, 2.05) is 6.07 Å². The number of carbonyl (C=O) groups excluding carboxylic acids is 2. The van der Waals surface area contributed by atoms with Crippen molar-refractivity contribution in [1.82, 2.24) is 29.3 Å². The quantitative estimate of drug-likeness (QED) is 0.369. The summed E-state index contributed by atoms with van der Waals surface area (Å²) in [5.41, 5.74) is -0.737. The number of piperidine rings is 2. The molecule has 0 aliphatic carbocycles. The van der Waals surface area contributed by atoms with Gasteiger partial charge in [-0.05, 0) is 71.8 Å². The highest BCUT2D eigenvalue weighted by atomic mass is 19.3. The first kappa shape index (κ1) is 32.1. The number of likely N-dealkylation sites (tertiary alicyclic amines) is 1. The van der Waals surface area contributed by atoms with Crippen molar-refractivity contribution >= 4 is 29.2 Å². The molecule has 3 aromatic heterocycles. The van der Waals surface area contributed by atoms with E-state index in [1.54, 1.807) is 31.9 Å². The third kappa shape index (κ3) is 7.41. The number of fused-ring (bicyclic) bond motifs is 1. The summed E-state index contributed by atoms with van der Waals surface area (Å²) < 4.78 is 48.5. The molecule has 0 bridgehead atoms. The molecule has 15 heteroatoms. The maximum absolute atomic E-state index is 14.1. The fourth-order valence-electron chi connectivity index (χ4n) is 6.17. The lowest BCUT2D eigenvalue weighted by Crippen LogP contribution is -2.42. The minimum atomic E-state index is -2.90. The number of rotatable bonds is 7. The smallest absolute Gasteiger partial charge is 0.410 e. The van der Waals surface area contributed by atoms with Crippen LogP contribution in [-0.2, 0) is 14.2 Å². The van der Waals surface area contributed by atoms with Crippen LogP contribution in [0, 0.1) is 0 Å². The molecule has 0 radical (unpaired) electrons. The number of hydrogen-bond donors (Lipinski definition) is 1. The second-order valence-corrected chi connectivity index (χ2v) is 13.1. The van der Waals surface area contributed by atoms with Gasteiger partial charge in [-0.3, -0.25) is 9.48 Å². The van der Waals surface area contributed by atoms with E-state index in [-0.39, 0.29) is 29.7 Å². The highest BCUT2D eigenvalue weighted by Gasteiger charge is 2.31. The number of aromatic nitrogens is 5. The van der Waals surface area contributed by atoms with E-state index in [1.165, 1.54) is 21.6 Å². The molecular weight excluding hydrogens is 602 g/mol. The molecule has 46 heavy (non-hydrogen) atoms. The Hall–Kier alpha value is -3.85. The zero-order valence-electron chi connectivity index (χ0n) is 26.5. The van der Waals surface area contributed by atoms with Gasteiger partial charge in [0.05, 0.1) is 24.0 Å². The van der Waals surface area contributed by atoms with E-state index in [4.69, 9.17) is 19.2 Å². The highest BCUT2D eigenvalue weighted by molar-refractivity contribution is 6.08. The summed E-state index contributed by atoms with van der Waals surface area (Å²) in [5, 5.41) is 11.0. The Bertz CT molecular complexity index is 1520. The lowest BCUT2D eigenvalue weighted by Gasteiger charge is -2.36. The van der Waals surface area contributed by atoms with Crippen molar-refractivity contribution in [1.29, 1.82) is 0 Å². The van der Waals surface area contributed by atoms with Gasteiger partial charge >= 0.3 is 6.09 Å². The molecule has 0 saturated carbocycles. The van der Waals surface area contributed by atoms with Crippen LogP contribution in [0.5, 0.6) is 0 Å². The lowest BCUT2D eigenvalue weighted by molar-refractivity contribution is -0.188. The van der Waals surface area contributed by atoms with Gasteiger partial charge in [0.2, 0.25) is 0 Å². The number of nitrogens with zero attached hydrogens (tertiary/aromatic N) is 7. The number of amides is 2. The molecule has 3 fully saturated rings. The second kappa shape index (κ2) is 13.5. The van der Waals surface area contributed by atoms with E-state index in [2.05, 4.69) is 20.4 Å². The first-order chi connectivity index (χ1) is 22.0. The Labute approximate surface area is 266 Å². The predicted molar refractivity (Wildman–Crippen MR) is 164 cm³/mol. The maximum atomic E-state index is 14.1. The van der Waals surface area contributed by atoms with Crippen LogP contribution in [0.4, 0.5) is 25.1 Å². The molecule has 3 aliphatic heterocycles. The standard InChI is InChI=1S/C31H42F2N8O5/c1-31(2,3)46-30(43)38-13-9-20(10-14-38)41-19-23(26(37-41)27(32)33)35-29(42)22-17-34-40-15-11-24(36-28(22)40)39-12-6-7-21(18-39)45-25-8-4-5-16-44-25/h11,15,17,19-21,25,27H,4-10,12-14,16,18H2,1-3H3,(H,35,42)/t21-,25?/m0/s1. The Balaban J connectivity index is 1.13. The second-order valence-electron chi connectivity index (χ2n) is 13.1. The molecule has 6 rings (SSSR count). The van der Waals surface area contributed by atoms with E-state index in [0.717, 1.165) is 45.3 Å². The van der Waals surface area contributed by atoms with Crippen molar-refractivity contribution in [2.45, 2.75) is 96.2 Å². The van der Waals surface area contributed by atoms with Gasteiger partial charge in [-0.15, -0.1) is 0 Å². The van der Waals surface area contributed by atoms with Gasteiger partial charge in [0, 0.05) is 45.2 Å². The van der Waals surface area contributed by atoms with E-state index >= 15 is 0 Å². The molecule has 1 unspecified atom stereocenters. The molecule has 1 N–H and O–H groups in total. The largest absolute Gasteiger partial charge is 0.444 e. The number of ether oxygens (including phenoxy) is 3. The van der Waals surface area contributed by atoms with Gasteiger partial charge in [0.15, 0.2) is 17.6 Å². The fraction of sp³-hybridized carbons (Fsp3) is 0.645. The van der Waals surface area contributed by atoms with Crippen molar-refractivity contribution in [3.63, 3.8) is 0 Å². The molecule has 0 aromatic carbocycles. The number of anilines is 2. The first-order valence-corrected chi connectivity index (χ1v) is 16.1. The van der Waals surface area contributed by atoms with Crippen LogP contribution in [0.15, 0.2) is 24.7 Å². The topological polar surface area (TPSA) is 128 Å². The van der Waals surface area contributed by atoms with Crippen LogP contribution in [0.1, 0.15) is 94.2 Å². The zero-order chi connectivity index (χ0) is 32.4. The van der Waals surface area contributed by atoms with Gasteiger partial charge in [-0.1, -0.05) is 0 Å². The number of nitrogens with one attached hydrogen (secondary N) is 1. The fourth-order valence-corrected chi connectivity index (χ4v) is 6.17. The summed E-state index contributed by atoms with van der Waals surface area (Å²) in [7, 11) is 0. The molecule has 3 saturated heterocycles. The van der Waals surface area contributed by atoms with Crippen molar-refractivity contribution in [2.75, 3.05) is 43.0 Å². The van der Waals surface area contributed by atoms with Crippen LogP contribution >= 0.6 is 0 Å². The molecular formula is C31H42F2N8O5. The summed E-state index contributed by atoms with van der Waals surface area (Å²) in [6, 6.07) is 1.62. The van der Waals surface area contributed by atoms with Gasteiger partial charge in [-0.25, -0.2) is 23.1 Å². The van der Waals surface area contributed by atoms with Gasteiger partial charge in [0.25, 0.3) is 12.3 Å². The summed E-state index contributed by atoms with van der Waals surface area (Å²) in [6.45, 7) is 8.38. The summed E-state index contributed by atoms with van der Waals surface area (Å²) in [6.07, 6.45) is 7.00. The van der Waals surface area contributed by atoms with E-state index in [0.29, 0.717) is 43.9 Å². The van der Waals surface area contributed by atoms with Crippen molar-refractivity contribution in [2.24, 2.45) is 0 Å². The third-order valence-corrected chi connectivity index (χ3v) is 8.49. The SMILES string of the molecule is CC(C)(C)OC(=O)N1CCC(n2cc(NC(=O)c3cnn4ccc(N5CCC[C@H](OC6CCCCO6)C5)nc34)c(C(F)F)n2)CC1. The molecule has 6 heterocycles. The average Bonchev–Trinajstić information content (AvgIpc) is 3.65. The average molecular weight is 645 g/mol. The van der Waals surface area contributed by atoms with Crippen LogP contribution in [0.2, 0.25) is 0 Å². The first-order valence-electron chi connectivity index (χ1n) is 16.1. The Morgan fingerprint density at radius 2 is 1.89 bits per heavy atom. The van der Waals surface area contributed by atoms with E-state index < -0.39 is 29.7 Å². The zero-order valence-corrected chi connectivity index (χ0v) is 26.5. The summed E-state index contributed by atoms with van der Waals surface area (Å²) >= 11 is 0. The monoisotopic (exact) mass is 644 g/mol. The number of alkyl halides is 2. The molecule has 2 amide bonds. The van der Waals surface area contributed by atoms with Crippen LogP contribution < -0.4 is 10.2 Å². The summed E-state index contributed by atoms with van der Waals surface area (Å²) in [5.74, 6) is 0.0638. The molecule has 0 spiro atoms. The number of carbonyl (C=O) groups is 2. The van der Waals surface area contributed by atoms with E-state index in [9.17, 15) is 18.4 Å². The number of halogens is 2. The normalized spacial score (nSPS) is 21.6. The van der Waals surface area contributed by atoms with Crippen molar-refractivity contribution in [3.05, 3.63) is 35.9 Å². The highest BCUT2D eigenvalue weighted by Crippen LogP contribution is 2.31. The molecule has 3 aromatic rings. The lowest BCUT2D eigenvalue weighted by atomic mass is 10.1. The summed E-state index contributed by atoms with van der Waals surface area (Å²) in [4.78, 5) is 34.4. The minimum absolute atomic E-state index is 0.0106. The Kier molecular flexibility index (Phi) is 9.41. The van der Waals surface area contributed by atoms with Gasteiger partial charge in [0.1, 0.15) is 17.0 Å². The number of hydrogen-bond acceptors (Lipinski definition) is 9. The van der Waals surface area contributed by atoms with Crippen LogP contribution in [0.3, 0.4) is 0 Å². The Morgan fingerprint density at radius 3 is 2.61 bits per heavy atom. The molecule has 13 nitrogen and oxygen atoms in total. The minimum Gasteiger partial charge on any atom is -0.444 e. The van der Waals surface area contributed by atoms with Crippen molar-refractivity contribution < 1.29 is 32.6 Å². The molecule has 250 valence electrons. The molecule has 3 aliphatic rings. The predicted octanol–water partition coefficient (Wildman–Crippen LogP) is 5.20. The van der Waals surface area contributed by atoms with Crippen LogP contribution in [-0.4, -0.2) is 92.1 Å². The maximum Gasteiger partial charge on any atom is 0.410 e.